The number of benzene rings is 2. The lowest BCUT2D eigenvalue weighted by Crippen LogP contribution is -2.27. The van der Waals surface area contributed by atoms with Crippen molar-refractivity contribution in [3.63, 3.8) is 0 Å². The van der Waals surface area contributed by atoms with Gasteiger partial charge in [0.25, 0.3) is 5.56 Å². The summed E-state index contributed by atoms with van der Waals surface area (Å²) in [4.78, 5) is 28.4. The fourth-order valence-corrected chi connectivity index (χ4v) is 2.24. The zero-order valence-corrected chi connectivity index (χ0v) is 12.4. The SMILES string of the molecule is Cc1ccc(NC(=O)Cn2cnc3cc(F)ccc3c2=O)cc1. The second-order valence-corrected chi connectivity index (χ2v) is 5.25. The Morgan fingerprint density at radius 2 is 1.96 bits per heavy atom. The van der Waals surface area contributed by atoms with Crippen molar-refractivity contribution < 1.29 is 9.18 Å². The number of rotatable bonds is 3. The highest BCUT2D eigenvalue weighted by atomic mass is 19.1. The van der Waals surface area contributed by atoms with Gasteiger partial charge in [0.2, 0.25) is 5.91 Å². The van der Waals surface area contributed by atoms with Gasteiger partial charge in [-0.15, -0.1) is 0 Å². The summed E-state index contributed by atoms with van der Waals surface area (Å²) in [5.41, 5.74) is 1.63. The minimum absolute atomic E-state index is 0.160. The Hall–Kier alpha value is -3.02. The number of carbonyl (C=O) groups excluding carboxylic acids is 1. The predicted molar refractivity (Wildman–Crippen MR) is 85.8 cm³/mol. The number of carbonyl (C=O) groups is 1. The van der Waals surface area contributed by atoms with E-state index in [9.17, 15) is 14.0 Å². The van der Waals surface area contributed by atoms with Gasteiger partial charge in [0.15, 0.2) is 0 Å². The third kappa shape index (κ3) is 3.26. The highest BCUT2D eigenvalue weighted by Crippen LogP contribution is 2.10. The number of nitrogens with zero attached hydrogens (tertiary/aromatic N) is 2. The summed E-state index contributed by atoms with van der Waals surface area (Å²) in [6, 6.07) is 11.1. The molecular weight excluding hydrogens is 297 g/mol. The first-order valence-electron chi connectivity index (χ1n) is 7.04. The Morgan fingerprint density at radius 3 is 2.70 bits per heavy atom. The van der Waals surface area contributed by atoms with Crippen LogP contribution in [-0.4, -0.2) is 15.5 Å². The van der Waals surface area contributed by atoms with E-state index in [1.807, 2.05) is 19.1 Å². The average molecular weight is 311 g/mol. The summed E-state index contributed by atoms with van der Waals surface area (Å²) in [5, 5.41) is 2.99. The summed E-state index contributed by atoms with van der Waals surface area (Å²) in [5.74, 6) is -0.793. The Balaban J connectivity index is 1.82. The normalized spacial score (nSPS) is 10.7. The number of fused-ring (bicyclic) bond motifs is 1. The lowest BCUT2D eigenvalue weighted by atomic mass is 10.2. The Kier molecular flexibility index (Phi) is 3.89. The third-order valence-electron chi connectivity index (χ3n) is 3.44. The molecule has 0 spiro atoms. The molecule has 0 saturated heterocycles. The van der Waals surface area contributed by atoms with E-state index in [1.165, 1.54) is 29.1 Å². The van der Waals surface area contributed by atoms with Gasteiger partial charge in [-0.25, -0.2) is 9.37 Å². The zero-order chi connectivity index (χ0) is 16.4. The van der Waals surface area contributed by atoms with Crippen molar-refractivity contribution in [2.45, 2.75) is 13.5 Å². The standard InChI is InChI=1S/C17H14FN3O2/c1-11-2-5-13(6-3-11)20-16(22)9-21-10-19-15-8-12(18)4-7-14(15)17(21)23/h2-8,10H,9H2,1H3,(H,20,22). The monoisotopic (exact) mass is 311 g/mol. The maximum atomic E-state index is 13.1. The molecule has 1 N–H and O–H groups in total. The highest BCUT2D eigenvalue weighted by Gasteiger charge is 2.09. The number of nitrogens with one attached hydrogen (secondary N) is 1. The van der Waals surface area contributed by atoms with Crippen LogP contribution < -0.4 is 10.9 Å². The molecule has 0 aliphatic heterocycles. The quantitative estimate of drug-likeness (QED) is 0.808. The van der Waals surface area contributed by atoms with Crippen LogP contribution in [0.15, 0.2) is 53.6 Å². The van der Waals surface area contributed by atoms with Gasteiger partial charge in [-0.1, -0.05) is 17.7 Å². The molecule has 1 aromatic heterocycles. The number of hydrogen-bond donors (Lipinski definition) is 1. The number of aryl methyl sites for hydroxylation is 1. The average Bonchev–Trinajstić information content (AvgIpc) is 2.52. The Morgan fingerprint density at radius 1 is 1.22 bits per heavy atom. The molecule has 0 aliphatic rings. The number of hydrogen-bond acceptors (Lipinski definition) is 3. The van der Waals surface area contributed by atoms with Gasteiger partial charge < -0.3 is 5.32 Å². The molecular formula is C17H14FN3O2. The van der Waals surface area contributed by atoms with Crippen LogP contribution in [0.2, 0.25) is 0 Å². The predicted octanol–water partition coefficient (Wildman–Crippen LogP) is 2.48. The van der Waals surface area contributed by atoms with Gasteiger partial charge in [0.05, 0.1) is 17.2 Å². The minimum Gasteiger partial charge on any atom is -0.325 e. The fraction of sp³-hybridized carbons (Fsp3) is 0.118. The fourth-order valence-electron chi connectivity index (χ4n) is 2.24. The molecule has 5 nitrogen and oxygen atoms in total. The number of aromatic nitrogens is 2. The van der Waals surface area contributed by atoms with Crippen LogP contribution in [0.3, 0.4) is 0 Å². The topological polar surface area (TPSA) is 64.0 Å². The molecule has 0 fully saturated rings. The second kappa shape index (κ2) is 6.00. The largest absolute Gasteiger partial charge is 0.325 e. The maximum absolute atomic E-state index is 13.1. The van der Waals surface area contributed by atoms with Crippen molar-refractivity contribution >= 4 is 22.5 Å². The molecule has 3 aromatic rings. The van der Waals surface area contributed by atoms with Crippen LogP contribution in [0.1, 0.15) is 5.56 Å². The number of halogens is 1. The van der Waals surface area contributed by atoms with E-state index in [1.54, 1.807) is 12.1 Å². The van der Waals surface area contributed by atoms with E-state index in [0.717, 1.165) is 5.56 Å². The zero-order valence-electron chi connectivity index (χ0n) is 12.4. The molecule has 0 unspecified atom stereocenters. The van der Waals surface area contributed by atoms with E-state index < -0.39 is 5.82 Å². The second-order valence-electron chi connectivity index (χ2n) is 5.25. The first kappa shape index (κ1) is 14.9. The first-order valence-corrected chi connectivity index (χ1v) is 7.04. The first-order chi connectivity index (χ1) is 11.0. The third-order valence-corrected chi connectivity index (χ3v) is 3.44. The van der Waals surface area contributed by atoms with E-state index >= 15 is 0 Å². The van der Waals surface area contributed by atoms with Gasteiger partial charge in [0, 0.05) is 11.8 Å². The smallest absolute Gasteiger partial charge is 0.261 e. The van der Waals surface area contributed by atoms with Crippen LogP contribution in [0, 0.1) is 12.7 Å². The molecule has 1 heterocycles. The van der Waals surface area contributed by atoms with E-state index in [0.29, 0.717) is 5.69 Å². The van der Waals surface area contributed by atoms with E-state index in [-0.39, 0.29) is 28.9 Å². The van der Waals surface area contributed by atoms with Crippen molar-refractivity contribution in [3.05, 3.63) is 70.5 Å². The van der Waals surface area contributed by atoms with Crippen LogP contribution in [-0.2, 0) is 11.3 Å². The molecule has 0 radical (unpaired) electrons. The summed E-state index contributed by atoms with van der Waals surface area (Å²) >= 11 is 0. The molecule has 2 aromatic carbocycles. The molecule has 0 aliphatic carbocycles. The molecule has 6 heteroatoms. The van der Waals surface area contributed by atoms with Crippen LogP contribution in [0.4, 0.5) is 10.1 Å². The van der Waals surface area contributed by atoms with Crippen molar-refractivity contribution in [3.8, 4) is 0 Å². The van der Waals surface area contributed by atoms with Crippen molar-refractivity contribution in [2.75, 3.05) is 5.32 Å². The van der Waals surface area contributed by atoms with Crippen molar-refractivity contribution in [2.24, 2.45) is 0 Å². The van der Waals surface area contributed by atoms with Crippen LogP contribution in [0.5, 0.6) is 0 Å². The van der Waals surface area contributed by atoms with Gasteiger partial charge in [-0.05, 0) is 31.2 Å². The molecule has 0 atom stereocenters. The molecule has 3 rings (SSSR count). The van der Waals surface area contributed by atoms with Gasteiger partial charge in [-0.3, -0.25) is 14.2 Å². The summed E-state index contributed by atoms with van der Waals surface area (Å²) < 4.78 is 14.3. The van der Waals surface area contributed by atoms with E-state index in [2.05, 4.69) is 10.3 Å². The molecule has 0 saturated carbocycles. The highest BCUT2D eigenvalue weighted by molar-refractivity contribution is 5.90. The number of anilines is 1. The number of amides is 1. The molecule has 23 heavy (non-hydrogen) atoms. The van der Waals surface area contributed by atoms with Crippen LogP contribution >= 0.6 is 0 Å². The summed E-state index contributed by atoms with van der Waals surface area (Å²) in [6.45, 7) is 1.79. The summed E-state index contributed by atoms with van der Waals surface area (Å²) in [6.07, 6.45) is 1.25. The summed E-state index contributed by atoms with van der Waals surface area (Å²) in [7, 11) is 0. The van der Waals surface area contributed by atoms with Gasteiger partial charge >= 0.3 is 0 Å². The maximum Gasteiger partial charge on any atom is 0.261 e. The van der Waals surface area contributed by atoms with Crippen molar-refractivity contribution in [1.82, 2.24) is 9.55 Å². The van der Waals surface area contributed by atoms with Gasteiger partial charge in [-0.2, -0.15) is 0 Å². The lowest BCUT2D eigenvalue weighted by Gasteiger charge is -2.08. The Labute approximate surface area is 131 Å². The van der Waals surface area contributed by atoms with Gasteiger partial charge in [0.1, 0.15) is 12.4 Å². The minimum atomic E-state index is -0.459. The molecule has 1 amide bonds. The lowest BCUT2D eigenvalue weighted by molar-refractivity contribution is -0.116. The van der Waals surface area contributed by atoms with Crippen molar-refractivity contribution in [1.29, 1.82) is 0 Å². The van der Waals surface area contributed by atoms with Crippen LogP contribution in [0.25, 0.3) is 10.9 Å². The van der Waals surface area contributed by atoms with E-state index in [4.69, 9.17) is 0 Å². The molecule has 116 valence electrons. The Bertz CT molecular complexity index is 933. The molecule has 0 bridgehead atoms.